The third-order valence-electron chi connectivity index (χ3n) is 7.35. The lowest BCUT2D eigenvalue weighted by molar-refractivity contribution is 0.122. The largest absolute Gasteiger partial charge is 0.491 e. The van der Waals surface area contributed by atoms with Crippen molar-refractivity contribution in [3.63, 3.8) is 0 Å². The first-order chi connectivity index (χ1) is 18.1. The van der Waals surface area contributed by atoms with Gasteiger partial charge in [0.05, 0.1) is 30.8 Å². The summed E-state index contributed by atoms with van der Waals surface area (Å²) in [6.07, 6.45) is 1.43. The molecule has 0 unspecified atom stereocenters. The third kappa shape index (κ3) is 4.75. The molecule has 4 aromatic rings. The number of nitrogens with one attached hydrogen (secondary N) is 1. The molecule has 1 fully saturated rings. The number of hydrogen-bond donors (Lipinski definition) is 1. The fourth-order valence-corrected chi connectivity index (χ4v) is 5.15. The number of urea groups is 1. The van der Waals surface area contributed by atoms with Gasteiger partial charge in [-0.1, -0.05) is 30.3 Å². The Morgan fingerprint density at radius 1 is 0.946 bits per heavy atom. The molecule has 8 heteroatoms. The number of imidazole rings is 1. The van der Waals surface area contributed by atoms with Gasteiger partial charge in [-0.15, -0.1) is 0 Å². The average Bonchev–Trinajstić information content (AvgIpc) is 3.24. The van der Waals surface area contributed by atoms with Crippen LogP contribution in [0.4, 0.5) is 13.6 Å². The summed E-state index contributed by atoms with van der Waals surface area (Å²) in [5, 5.41) is 0. The molecule has 0 aliphatic carbocycles. The molecule has 6 nitrogen and oxygen atoms in total. The molecule has 2 amide bonds. The first-order valence-electron chi connectivity index (χ1n) is 12.7. The van der Waals surface area contributed by atoms with Crippen molar-refractivity contribution in [1.82, 2.24) is 19.8 Å². The highest BCUT2D eigenvalue weighted by Crippen LogP contribution is 2.31. The normalized spacial score (nSPS) is 16.4. The fraction of sp³-hybridized carbons (Fsp3) is 0.310. The van der Waals surface area contributed by atoms with E-state index in [2.05, 4.69) is 16.0 Å². The van der Waals surface area contributed by atoms with Crippen molar-refractivity contribution in [2.24, 2.45) is 5.92 Å². The van der Waals surface area contributed by atoms with Gasteiger partial charge in [-0.2, -0.15) is 0 Å². The summed E-state index contributed by atoms with van der Waals surface area (Å²) in [5.41, 5.74) is 5.31. The van der Waals surface area contributed by atoms with Crippen molar-refractivity contribution in [1.29, 1.82) is 0 Å². The van der Waals surface area contributed by atoms with Crippen LogP contribution in [0, 0.1) is 11.7 Å². The van der Waals surface area contributed by atoms with Crippen LogP contribution in [0.3, 0.4) is 0 Å². The van der Waals surface area contributed by atoms with Gasteiger partial charge in [0.15, 0.2) is 0 Å². The van der Waals surface area contributed by atoms with Crippen LogP contribution in [-0.4, -0.2) is 58.7 Å². The van der Waals surface area contributed by atoms with E-state index in [4.69, 9.17) is 4.74 Å². The number of carbonyl (C=O) groups excluding carboxylic acids is 1. The van der Waals surface area contributed by atoms with Crippen LogP contribution in [0.5, 0.6) is 5.75 Å². The summed E-state index contributed by atoms with van der Waals surface area (Å²) in [7, 11) is 0. The predicted molar refractivity (Wildman–Crippen MR) is 138 cm³/mol. The lowest BCUT2D eigenvalue weighted by Gasteiger charge is -2.34. The van der Waals surface area contributed by atoms with Gasteiger partial charge in [-0.05, 0) is 54.2 Å². The number of aromatic amines is 1. The number of rotatable bonds is 3. The maximum absolute atomic E-state index is 13.5. The Hall–Kier alpha value is -3.94. The Balaban J connectivity index is 1.20. The highest BCUT2D eigenvalue weighted by atomic mass is 19.1. The second-order valence-corrected chi connectivity index (χ2v) is 9.78. The number of ether oxygens (including phenoxy) is 1. The zero-order valence-electron chi connectivity index (χ0n) is 20.4. The maximum atomic E-state index is 13.5. The molecule has 0 atom stereocenters. The summed E-state index contributed by atoms with van der Waals surface area (Å²) in [4.78, 5) is 24.6. The summed E-state index contributed by atoms with van der Waals surface area (Å²) in [6.45, 7) is 2.32. The molecule has 1 N–H and O–H groups in total. The summed E-state index contributed by atoms with van der Waals surface area (Å²) >= 11 is 0. The second kappa shape index (κ2) is 9.84. The smallest absolute Gasteiger partial charge is 0.320 e. The summed E-state index contributed by atoms with van der Waals surface area (Å²) < 4.78 is 32.5. The number of carbonyl (C=O) groups is 1. The molecule has 2 aliphatic heterocycles. The molecule has 2 aliphatic rings. The van der Waals surface area contributed by atoms with Gasteiger partial charge < -0.3 is 19.5 Å². The SMILES string of the molecule is O=C(N1CCC(CF)CC1)N1CCOc2ccc(-c3ccc(-c4nc5cc(F)ccc5[nH]4)cc3)cc2C1. The monoisotopic (exact) mass is 502 g/mol. The number of benzene rings is 3. The molecule has 0 saturated carbocycles. The molecule has 1 aromatic heterocycles. The van der Waals surface area contributed by atoms with E-state index in [0.717, 1.165) is 33.5 Å². The highest BCUT2D eigenvalue weighted by Gasteiger charge is 2.28. The van der Waals surface area contributed by atoms with E-state index in [1.54, 1.807) is 6.07 Å². The number of halogens is 2. The Morgan fingerprint density at radius 3 is 2.49 bits per heavy atom. The lowest BCUT2D eigenvalue weighted by atomic mass is 9.98. The van der Waals surface area contributed by atoms with Gasteiger partial charge in [0.25, 0.3) is 0 Å². The molecule has 6 rings (SSSR count). The molecular weight excluding hydrogens is 474 g/mol. The van der Waals surface area contributed by atoms with Crippen LogP contribution in [-0.2, 0) is 6.54 Å². The van der Waals surface area contributed by atoms with Crippen LogP contribution in [0.25, 0.3) is 33.5 Å². The van der Waals surface area contributed by atoms with Crippen molar-refractivity contribution in [3.05, 3.63) is 72.0 Å². The number of hydrogen-bond acceptors (Lipinski definition) is 3. The van der Waals surface area contributed by atoms with E-state index in [1.807, 2.05) is 46.2 Å². The number of piperidine rings is 1. The molecule has 1 saturated heterocycles. The standard InChI is InChI=1S/C29H28F2N4O2/c30-17-19-9-11-34(12-10-19)29(36)35-13-14-37-27-8-5-22(15-23(27)18-35)20-1-3-21(4-2-20)28-32-25-7-6-24(31)16-26(25)33-28/h1-8,15-16,19H,9-14,17-18H2,(H,32,33). The van der Waals surface area contributed by atoms with Gasteiger partial charge in [0.1, 0.15) is 24.0 Å². The van der Waals surface area contributed by atoms with Crippen LogP contribution in [0.15, 0.2) is 60.7 Å². The third-order valence-corrected chi connectivity index (χ3v) is 7.35. The number of likely N-dealkylation sites (tertiary alicyclic amines) is 1. The molecular formula is C29H28F2N4O2. The van der Waals surface area contributed by atoms with Crippen molar-refractivity contribution in [3.8, 4) is 28.3 Å². The van der Waals surface area contributed by atoms with Crippen LogP contribution < -0.4 is 4.74 Å². The lowest BCUT2D eigenvalue weighted by Crippen LogP contribution is -2.47. The second-order valence-electron chi connectivity index (χ2n) is 9.78. The number of amides is 2. The molecule has 37 heavy (non-hydrogen) atoms. The number of fused-ring (bicyclic) bond motifs is 2. The maximum Gasteiger partial charge on any atom is 0.320 e. The Kier molecular flexibility index (Phi) is 6.24. The minimum Gasteiger partial charge on any atom is -0.491 e. The van der Waals surface area contributed by atoms with Crippen LogP contribution in [0.1, 0.15) is 18.4 Å². The van der Waals surface area contributed by atoms with Crippen molar-refractivity contribution in [2.45, 2.75) is 19.4 Å². The summed E-state index contributed by atoms with van der Waals surface area (Å²) in [5.74, 6) is 1.24. The van der Waals surface area contributed by atoms with Crippen molar-refractivity contribution in [2.75, 3.05) is 32.9 Å². The van der Waals surface area contributed by atoms with E-state index < -0.39 is 0 Å². The average molecular weight is 503 g/mol. The van der Waals surface area contributed by atoms with E-state index >= 15 is 0 Å². The number of aromatic nitrogens is 2. The van der Waals surface area contributed by atoms with E-state index in [1.165, 1.54) is 12.1 Å². The molecule has 190 valence electrons. The molecule has 0 spiro atoms. The minimum atomic E-state index is -0.311. The Morgan fingerprint density at radius 2 is 1.70 bits per heavy atom. The number of alkyl halides is 1. The van der Waals surface area contributed by atoms with Crippen molar-refractivity contribution >= 4 is 17.1 Å². The summed E-state index contributed by atoms with van der Waals surface area (Å²) in [6, 6.07) is 18.6. The topological polar surface area (TPSA) is 61.5 Å². The Labute approximate surface area is 213 Å². The first-order valence-corrected chi connectivity index (χ1v) is 12.7. The van der Waals surface area contributed by atoms with Gasteiger partial charge >= 0.3 is 6.03 Å². The minimum absolute atomic E-state index is 0.00534. The molecule has 0 radical (unpaired) electrons. The quantitative estimate of drug-likeness (QED) is 0.372. The fourth-order valence-electron chi connectivity index (χ4n) is 5.15. The van der Waals surface area contributed by atoms with Gasteiger partial charge in [-0.25, -0.2) is 14.2 Å². The van der Waals surface area contributed by atoms with Gasteiger partial charge in [0, 0.05) is 30.3 Å². The van der Waals surface area contributed by atoms with E-state index in [9.17, 15) is 13.6 Å². The van der Waals surface area contributed by atoms with Crippen molar-refractivity contribution < 1.29 is 18.3 Å². The van der Waals surface area contributed by atoms with Crippen LogP contribution in [0.2, 0.25) is 0 Å². The number of H-pyrrole nitrogens is 1. The van der Waals surface area contributed by atoms with Gasteiger partial charge in [-0.3, -0.25) is 4.39 Å². The first kappa shape index (κ1) is 23.5. The van der Waals surface area contributed by atoms with Gasteiger partial charge in [0.2, 0.25) is 0 Å². The number of nitrogens with zero attached hydrogens (tertiary/aromatic N) is 3. The zero-order valence-corrected chi connectivity index (χ0v) is 20.4. The van der Waals surface area contributed by atoms with E-state index in [-0.39, 0.29) is 24.4 Å². The molecule has 3 aromatic carbocycles. The zero-order chi connectivity index (χ0) is 25.4. The highest BCUT2D eigenvalue weighted by molar-refractivity contribution is 5.80. The molecule has 3 heterocycles. The Bertz CT molecular complexity index is 1430. The van der Waals surface area contributed by atoms with Crippen LogP contribution >= 0.6 is 0 Å². The van der Waals surface area contributed by atoms with E-state index in [0.29, 0.717) is 57.0 Å². The molecule has 0 bridgehead atoms. The predicted octanol–water partition coefficient (Wildman–Crippen LogP) is 6.03.